The first kappa shape index (κ1) is 10.3. The quantitative estimate of drug-likeness (QED) is 0.833. The van der Waals surface area contributed by atoms with Gasteiger partial charge in [0.25, 0.3) is 0 Å². The van der Waals surface area contributed by atoms with Crippen LogP contribution in [0, 0.1) is 0 Å². The summed E-state index contributed by atoms with van der Waals surface area (Å²) < 4.78 is 0. The molecule has 0 amide bonds. The molecule has 1 heterocycles. The lowest BCUT2D eigenvalue weighted by molar-refractivity contribution is 0.531. The van der Waals surface area contributed by atoms with Crippen molar-refractivity contribution in [1.29, 1.82) is 0 Å². The van der Waals surface area contributed by atoms with Crippen LogP contribution < -0.4 is 5.32 Å². The number of piperidine rings is 1. The molecule has 14 heavy (non-hydrogen) atoms. The molecule has 0 saturated carbocycles. The lowest BCUT2D eigenvalue weighted by Gasteiger charge is -2.22. The van der Waals surface area contributed by atoms with Gasteiger partial charge in [0, 0.05) is 21.7 Å². The molecule has 1 atom stereocenters. The summed E-state index contributed by atoms with van der Waals surface area (Å²) in [5.41, 5.74) is 0. The van der Waals surface area contributed by atoms with Crippen molar-refractivity contribution in [2.24, 2.45) is 0 Å². The van der Waals surface area contributed by atoms with Crippen molar-refractivity contribution in [2.45, 2.75) is 23.0 Å². The van der Waals surface area contributed by atoms with Gasteiger partial charge < -0.3 is 5.32 Å². The molecule has 0 aromatic heterocycles. The molecule has 0 spiro atoms. The van der Waals surface area contributed by atoms with Crippen LogP contribution in [0.5, 0.6) is 0 Å². The number of hydrogen-bond donors (Lipinski definition) is 1. The van der Waals surface area contributed by atoms with Gasteiger partial charge >= 0.3 is 0 Å². The molecule has 1 aromatic carbocycles. The highest BCUT2D eigenvalue weighted by Gasteiger charge is 2.13. The summed E-state index contributed by atoms with van der Waals surface area (Å²) in [7, 11) is 0. The molecule has 1 fully saturated rings. The molecular formula is C11H14ClNS. The summed E-state index contributed by atoms with van der Waals surface area (Å²) >= 11 is 7.87. The second kappa shape index (κ2) is 5.06. The van der Waals surface area contributed by atoms with E-state index in [1.807, 2.05) is 30.0 Å². The third kappa shape index (κ3) is 2.91. The Labute approximate surface area is 94.2 Å². The standard InChI is InChI=1S/C11H14ClNS/c12-9-3-1-4-10(7-9)14-11-5-2-6-13-8-11/h1,3-4,7,11,13H,2,5-6,8H2. The zero-order chi connectivity index (χ0) is 9.80. The Morgan fingerprint density at radius 1 is 1.43 bits per heavy atom. The maximum Gasteiger partial charge on any atom is 0.0417 e. The Bertz CT molecular complexity index is 297. The number of benzene rings is 1. The van der Waals surface area contributed by atoms with E-state index in [4.69, 9.17) is 11.6 Å². The Balaban J connectivity index is 1.95. The summed E-state index contributed by atoms with van der Waals surface area (Å²) in [6, 6.07) is 8.11. The highest BCUT2D eigenvalue weighted by atomic mass is 35.5. The zero-order valence-corrected chi connectivity index (χ0v) is 9.57. The minimum atomic E-state index is 0.710. The van der Waals surface area contributed by atoms with Crippen molar-refractivity contribution in [3.63, 3.8) is 0 Å². The average Bonchev–Trinajstić information content (AvgIpc) is 2.19. The predicted octanol–water partition coefficient (Wildman–Crippen LogP) is 3.18. The topological polar surface area (TPSA) is 12.0 Å². The lowest BCUT2D eigenvalue weighted by atomic mass is 10.2. The van der Waals surface area contributed by atoms with Crippen molar-refractivity contribution >= 4 is 23.4 Å². The SMILES string of the molecule is Clc1cccc(SC2CCCNC2)c1. The highest BCUT2D eigenvalue weighted by Crippen LogP contribution is 2.28. The van der Waals surface area contributed by atoms with Crippen LogP contribution in [0.4, 0.5) is 0 Å². The van der Waals surface area contributed by atoms with E-state index in [0.29, 0.717) is 5.25 Å². The highest BCUT2D eigenvalue weighted by molar-refractivity contribution is 8.00. The first-order valence-corrected chi connectivity index (χ1v) is 6.23. The van der Waals surface area contributed by atoms with Gasteiger partial charge in [-0.1, -0.05) is 17.7 Å². The Hall–Kier alpha value is -0.180. The van der Waals surface area contributed by atoms with E-state index in [-0.39, 0.29) is 0 Å². The average molecular weight is 228 g/mol. The van der Waals surface area contributed by atoms with Crippen molar-refractivity contribution in [2.75, 3.05) is 13.1 Å². The molecule has 3 heteroatoms. The molecule has 1 N–H and O–H groups in total. The van der Waals surface area contributed by atoms with E-state index in [9.17, 15) is 0 Å². The predicted molar refractivity (Wildman–Crippen MR) is 63.2 cm³/mol. The minimum Gasteiger partial charge on any atom is -0.316 e. The number of hydrogen-bond acceptors (Lipinski definition) is 2. The first-order valence-electron chi connectivity index (χ1n) is 4.97. The summed E-state index contributed by atoms with van der Waals surface area (Å²) in [4.78, 5) is 1.28. The summed E-state index contributed by atoms with van der Waals surface area (Å²) in [5.74, 6) is 0. The van der Waals surface area contributed by atoms with Crippen molar-refractivity contribution in [3.8, 4) is 0 Å². The fourth-order valence-electron chi connectivity index (χ4n) is 1.65. The van der Waals surface area contributed by atoms with Crippen molar-refractivity contribution in [3.05, 3.63) is 29.3 Å². The van der Waals surface area contributed by atoms with Crippen LogP contribution in [0.3, 0.4) is 0 Å². The largest absolute Gasteiger partial charge is 0.316 e. The van der Waals surface area contributed by atoms with Crippen LogP contribution in [-0.4, -0.2) is 18.3 Å². The number of thioether (sulfide) groups is 1. The molecule has 1 saturated heterocycles. The molecule has 0 radical (unpaired) electrons. The lowest BCUT2D eigenvalue weighted by Crippen LogP contribution is -2.31. The molecule has 1 nitrogen and oxygen atoms in total. The van der Waals surface area contributed by atoms with Crippen molar-refractivity contribution in [1.82, 2.24) is 5.32 Å². The van der Waals surface area contributed by atoms with Gasteiger partial charge in [0.1, 0.15) is 0 Å². The van der Waals surface area contributed by atoms with E-state index in [1.54, 1.807) is 0 Å². The fraction of sp³-hybridized carbons (Fsp3) is 0.455. The Morgan fingerprint density at radius 3 is 3.07 bits per heavy atom. The second-order valence-electron chi connectivity index (χ2n) is 3.54. The van der Waals surface area contributed by atoms with E-state index in [1.165, 1.54) is 24.3 Å². The van der Waals surface area contributed by atoms with E-state index in [2.05, 4.69) is 11.4 Å². The Kier molecular flexibility index (Phi) is 3.74. The van der Waals surface area contributed by atoms with Gasteiger partial charge in [-0.15, -0.1) is 11.8 Å². The van der Waals surface area contributed by atoms with Crippen LogP contribution >= 0.6 is 23.4 Å². The zero-order valence-electron chi connectivity index (χ0n) is 8.00. The summed E-state index contributed by atoms with van der Waals surface area (Å²) in [6.07, 6.45) is 2.60. The normalized spacial score (nSPS) is 22.2. The van der Waals surface area contributed by atoms with Crippen LogP contribution in [0.25, 0.3) is 0 Å². The van der Waals surface area contributed by atoms with E-state index in [0.717, 1.165) is 11.6 Å². The molecular weight excluding hydrogens is 214 g/mol. The smallest absolute Gasteiger partial charge is 0.0417 e. The molecule has 76 valence electrons. The third-order valence-electron chi connectivity index (χ3n) is 2.35. The maximum atomic E-state index is 5.93. The molecule has 0 aliphatic carbocycles. The van der Waals surface area contributed by atoms with Gasteiger partial charge in [-0.25, -0.2) is 0 Å². The first-order chi connectivity index (χ1) is 6.84. The van der Waals surface area contributed by atoms with Gasteiger partial charge in [-0.2, -0.15) is 0 Å². The van der Waals surface area contributed by atoms with Gasteiger partial charge in [-0.05, 0) is 37.6 Å². The molecule has 1 aliphatic heterocycles. The second-order valence-corrected chi connectivity index (χ2v) is 5.35. The number of halogens is 1. The summed E-state index contributed by atoms with van der Waals surface area (Å²) in [5, 5.41) is 4.96. The van der Waals surface area contributed by atoms with E-state index >= 15 is 0 Å². The van der Waals surface area contributed by atoms with Gasteiger partial charge in [0.2, 0.25) is 0 Å². The molecule has 1 aromatic rings. The monoisotopic (exact) mass is 227 g/mol. The fourth-order valence-corrected chi connectivity index (χ4v) is 3.13. The van der Waals surface area contributed by atoms with Crippen LogP contribution in [0.15, 0.2) is 29.2 Å². The number of rotatable bonds is 2. The maximum absolute atomic E-state index is 5.93. The van der Waals surface area contributed by atoms with Crippen LogP contribution in [0.1, 0.15) is 12.8 Å². The Morgan fingerprint density at radius 2 is 2.36 bits per heavy atom. The van der Waals surface area contributed by atoms with E-state index < -0.39 is 0 Å². The van der Waals surface area contributed by atoms with Gasteiger partial charge in [0.05, 0.1) is 0 Å². The van der Waals surface area contributed by atoms with Crippen LogP contribution in [-0.2, 0) is 0 Å². The van der Waals surface area contributed by atoms with Crippen LogP contribution in [0.2, 0.25) is 5.02 Å². The van der Waals surface area contributed by atoms with Gasteiger partial charge in [0.15, 0.2) is 0 Å². The molecule has 1 unspecified atom stereocenters. The minimum absolute atomic E-state index is 0.710. The van der Waals surface area contributed by atoms with Crippen molar-refractivity contribution < 1.29 is 0 Å². The molecule has 2 rings (SSSR count). The van der Waals surface area contributed by atoms with Gasteiger partial charge in [-0.3, -0.25) is 0 Å². The third-order valence-corrected chi connectivity index (χ3v) is 3.85. The molecule has 1 aliphatic rings. The number of nitrogens with one attached hydrogen (secondary N) is 1. The summed E-state index contributed by atoms with van der Waals surface area (Å²) in [6.45, 7) is 2.30. The molecule has 0 bridgehead atoms.